The molecule has 2 fully saturated rings. The molecule has 1 heterocycles. The minimum absolute atomic E-state index is 0.0770. The van der Waals surface area contributed by atoms with Gasteiger partial charge in [-0.05, 0) is 92.0 Å². The maximum atomic E-state index is 15.1. The van der Waals surface area contributed by atoms with Crippen LogP contribution in [0.4, 0.5) is 35.1 Å². The number of benzene rings is 2. The van der Waals surface area contributed by atoms with Gasteiger partial charge in [-0.1, -0.05) is 45.0 Å². The van der Waals surface area contributed by atoms with E-state index in [1.165, 1.54) is 11.0 Å². The number of aliphatic hydroxyl groups excluding tert-OH is 1. The molecule has 0 spiro atoms. The van der Waals surface area contributed by atoms with E-state index in [1.54, 1.807) is 0 Å². The molecule has 6 unspecified atom stereocenters. The van der Waals surface area contributed by atoms with E-state index in [0.29, 0.717) is 44.2 Å². The summed E-state index contributed by atoms with van der Waals surface area (Å²) >= 11 is 0. The predicted octanol–water partition coefficient (Wildman–Crippen LogP) is 7.93. The van der Waals surface area contributed by atoms with Crippen LogP contribution in [0, 0.1) is 23.1 Å². The van der Waals surface area contributed by atoms with Crippen molar-refractivity contribution in [2.45, 2.75) is 112 Å². The highest BCUT2D eigenvalue weighted by Gasteiger charge is 2.74. The number of sulfone groups is 1. The molecule has 48 heavy (non-hydrogen) atoms. The highest BCUT2D eigenvalue weighted by Crippen LogP contribution is 2.57. The molecule has 0 aromatic heterocycles. The van der Waals surface area contributed by atoms with Gasteiger partial charge in [-0.25, -0.2) is 17.2 Å². The van der Waals surface area contributed by atoms with Crippen molar-refractivity contribution in [2.75, 3.05) is 6.54 Å². The fourth-order valence-corrected chi connectivity index (χ4v) is 11.0. The van der Waals surface area contributed by atoms with Gasteiger partial charge in [0.05, 0.1) is 17.0 Å². The van der Waals surface area contributed by atoms with Crippen LogP contribution in [0.25, 0.3) is 0 Å². The van der Waals surface area contributed by atoms with Gasteiger partial charge < -0.3 is 10.0 Å². The normalized spacial score (nSPS) is 28.9. The first-order chi connectivity index (χ1) is 22.1. The maximum Gasteiger partial charge on any atom is 0.435 e. The van der Waals surface area contributed by atoms with Gasteiger partial charge in [0, 0.05) is 18.0 Å². The van der Waals surface area contributed by atoms with Crippen LogP contribution in [-0.2, 0) is 31.5 Å². The van der Waals surface area contributed by atoms with Gasteiger partial charge in [0.1, 0.15) is 10.6 Å². The van der Waals surface area contributed by atoms with E-state index < -0.39 is 66.9 Å². The third-order valence-corrected chi connectivity index (χ3v) is 13.5. The van der Waals surface area contributed by atoms with Crippen LogP contribution in [0.3, 0.4) is 0 Å². The lowest BCUT2D eigenvalue weighted by molar-refractivity contribution is -0.348. The lowest BCUT2D eigenvalue weighted by Crippen LogP contribution is -2.54. The number of likely N-dealkylation sites (tertiary alicyclic amines) is 1. The third-order valence-electron chi connectivity index (χ3n) is 11.0. The van der Waals surface area contributed by atoms with Crippen LogP contribution in [0.5, 0.6) is 0 Å². The number of carbonyl (C=O) groups is 1. The Morgan fingerprint density at radius 2 is 1.69 bits per heavy atom. The number of alkyl halides is 7. The highest BCUT2D eigenvalue weighted by atomic mass is 32.2. The molecule has 2 aliphatic carbocycles. The minimum Gasteiger partial charge on any atom is -0.393 e. The van der Waals surface area contributed by atoms with E-state index in [2.05, 4.69) is 6.92 Å². The zero-order chi connectivity index (χ0) is 35.7. The first-order valence-electron chi connectivity index (χ1n) is 16.1. The number of hydrogen-bond acceptors (Lipinski definition) is 4. The van der Waals surface area contributed by atoms with E-state index >= 15 is 4.39 Å². The Morgan fingerprint density at radius 1 is 1.02 bits per heavy atom. The van der Waals surface area contributed by atoms with E-state index in [-0.39, 0.29) is 54.2 Å². The molecule has 6 atom stereocenters. The second-order valence-corrected chi connectivity index (χ2v) is 16.3. The smallest absolute Gasteiger partial charge is 0.393 e. The van der Waals surface area contributed by atoms with E-state index in [0.717, 1.165) is 24.3 Å². The van der Waals surface area contributed by atoms with Gasteiger partial charge in [0.15, 0.2) is 9.84 Å². The molecule has 0 radical (unpaired) electrons. The molecule has 0 bridgehead atoms. The molecule has 1 saturated heterocycles. The largest absolute Gasteiger partial charge is 0.435 e. The molecule has 5 rings (SSSR count). The Hall–Kier alpha value is -2.74. The summed E-state index contributed by atoms with van der Waals surface area (Å²) in [5.74, 6) is -1.81. The second kappa shape index (κ2) is 12.2. The number of halogens is 8. The fourth-order valence-electron chi connectivity index (χ4n) is 8.63. The average molecular weight is 710 g/mol. The van der Waals surface area contributed by atoms with Crippen molar-refractivity contribution in [3.05, 3.63) is 65.0 Å². The number of amides is 1. The standard InChI is InChI=1S/C34H39F8NO4S/c1-4-24(44)19-30(3)13-12-26(20(2)18-30)29(45)43-15-14-31(48(46,47)25-7-5-6-23(35)17-25)27-10-9-22(16-21(27)8-11-28(31)43)32(36,33(37,38)39)34(40,41)42/h5-7,9-10,16-17,20,24,26,28,44H,4,8,11-15,18-19H2,1-3H3. The number of nitrogens with zero attached hydrogens (tertiary/aromatic N) is 1. The number of hydrogen-bond donors (Lipinski definition) is 1. The number of carbonyl (C=O) groups excluding carboxylic acids is 1. The van der Waals surface area contributed by atoms with Gasteiger partial charge >= 0.3 is 18.0 Å². The monoisotopic (exact) mass is 709 g/mol. The highest BCUT2D eigenvalue weighted by molar-refractivity contribution is 7.92. The van der Waals surface area contributed by atoms with Gasteiger partial charge in [0.25, 0.3) is 0 Å². The summed E-state index contributed by atoms with van der Waals surface area (Å²) < 4.78 is 138. The second-order valence-electron chi connectivity index (χ2n) is 14.1. The predicted molar refractivity (Wildman–Crippen MR) is 161 cm³/mol. The van der Waals surface area contributed by atoms with Crippen LogP contribution in [0.1, 0.15) is 82.4 Å². The van der Waals surface area contributed by atoms with Crippen molar-refractivity contribution in [3.8, 4) is 0 Å². The van der Waals surface area contributed by atoms with Crippen LogP contribution in [-0.4, -0.2) is 55.4 Å². The summed E-state index contributed by atoms with van der Waals surface area (Å²) in [5.41, 5.74) is -7.99. The van der Waals surface area contributed by atoms with Gasteiger partial charge in [-0.3, -0.25) is 4.79 Å². The zero-order valence-electron chi connectivity index (χ0n) is 26.8. The van der Waals surface area contributed by atoms with Crippen molar-refractivity contribution in [2.24, 2.45) is 17.3 Å². The summed E-state index contributed by atoms with van der Waals surface area (Å²) in [4.78, 5) is 15.3. The summed E-state index contributed by atoms with van der Waals surface area (Å²) in [6.45, 7) is 5.79. The third kappa shape index (κ3) is 5.72. The number of aryl methyl sites for hydroxylation is 1. The van der Waals surface area contributed by atoms with Crippen molar-refractivity contribution in [3.63, 3.8) is 0 Å². The molecule has 1 aliphatic heterocycles. The Labute approximate surface area is 274 Å². The topological polar surface area (TPSA) is 74.7 Å². The molecule has 14 heteroatoms. The number of aliphatic hydroxyl groups is 1. The Bertz CT molecular complexity index is 1650. The summed E-state index contributed by atoms with van der Waals surface area (Å²) in [6, 6.07) is 4.57. The molecule has 266 valence electrons. The minimum atomic E-state index is -6.36. The molecule has 2 aromatic carbocycles. The van der Waals surface area contributed by atoms with E-state index in [4.69, 9.17) is 0 Å². The van der Waals surface area contributed by atoms with Gasteiger partial charge in [0.2, 0.25) is 5.91 Å². The SMILES string of the molecule is CCC(O)CC1(C)CCC(C(=O)N2CCC3(S(=O)(=O)c4cccc(F)c4)c4ccc(C(F)(C(F)(F)F)C(F)(F)F)cc4CCC23)C(C)C1. The summed E-state index contributed by atoms with van der Waals surface area (Å²) in [5, 5.41) is 10.3. The van der Waals surface area contributed by atoms with E-state index in [9.17, 15) is 49.1 Å². The Kier molecular flexibility index (Phi) is 9.32. The molecule has 1 N–H and O–H groups in total. The summed E-state index contributed by atoms with van der Waals surface area (Å²) in [7, 11) is -4.65. The lowest BCUT2D eigenvalue weighted by Gasteiger charge is -2.46. The molecular weight excluding hydrogens is 670 g/mol. The van der Waals surface area contributed by atoms with Crippen molar-refractivity contribution < 1.29 is 53.4 Å². The summed E-state index contributed by atoms with van der Waals surface area (Å²) in [6.07, 6.45) is -10.9. The Balaban J connectivity index is 1.59. The van der Waals surface area contributed by atoms with Crippen LogP contribution in [0.2, 0.25) is 0 Å². The maximum absolute atomic E-state index is 15.1. The molecule has 1 amide bonds. The number of rotatable bonds is 7. The molecule has 3 aliphatic rings. The average Bonchev–Trinajstić information content (AvgIpc) is 3.40. The van der Waals surface area contributed by atoms with Crippen LogP contribution in [0.15, 0.2) is 47.4 Å². The van der Waals surface area contributed by atoms with Crippen molar-refractivity contribution in [1.29, 1.82) is 0 Å². The zero-order valence-corrected chi connectivity index (χ0v) is 27.6. The first-order valence-corrected chi connectivity index (χ1v) is 17.6. The van der Waals surface area contributed by atoms with Gasteiger partial charge in [-0.15, -0.1) is 0 Å². The van der Waals surface area contributed by atoms with Crippen molar-refractivity contribution >= 4 is 15.7 Å². The molecule has 1 saturated carbocycles. The quantitative estimate of drug-likeness (QED) is 0.297. The number of fused-ring (bicyclic) bond motifs is 3. The fraction of sp³-hybridized carbons (Fsp3) is 0.618. The Morgan fingerprint density at radius 3 is 2.27 bits per heavy atom. The first kappa shape index (κ1) is 36.5. The van der Waals surface area contributed by atoms with Crippen LogP contribution < -0.4 is 0 Å². The molecular formula is C34H39F8NO4S. The van der Waals surface area contributed by atoms with Gasteiger partial charge in [-0.2, -0.15) is 26.3 Å². The molecule has 5 nitrogen and oxygen atoms in total. The van der Waals surface area contributed by atoms with Crippen molar-refractivity contribution in [1.82, 2.24) is 4.90 Å². The lowest BCUT2D eigenvalue weighted by atomic mass is 9.64. The van der Waals surface area contributed by atoms with Crippen LogP contribution >= 0.6 is 0 Å². The molecule has 2 aromatic rings. The van der Waals surface area contributed by atoms with E-state index in [1.807, 2.05) is 13.8 Å².